The Kier molecular flexibility index (Phi) is 13.2. The van der Waals surface area contributed by atoms with Crippen molar-refractivity contribution in [3.63, 3.8) is 0 Å². The number of ether oxygens (including phenoxy) is 2. The van der Waals surface area contributed by atoms with Crippen LogP contribution in [0.5, 0.6) is 11.5 Å². The molecule has 0 aliphatic carbocycles. The number of hydrogen-bond acceptors (Lipinski definition) is 5. The Bertz CT molecular complexity index is 714. The number of benzene rings is 1. The highest BCUT2D eigenvalue weighted by molar-refractivity contribution is 14.0. The Hall–Kier alpha value is -1.27. The Morgan fingerprint density at radius 3 is 2.36 bits per heavy atom. The Morgan fingerprint density at radius 1 is 1.14 bits per heavy atom. The molecule has 0 heterocycles. The third-order valence-corrected chi connectivity index (χ3v) is 4.38. The third kappa shape index (κ3) is 10.3. The molecule has 1 rings (SSSR count). The average Bonchev–Trinajstić information content (AvgIpc) is 2.61. The lowest BCUT2D eigenvalue weighted by Crippen LogP contribution is -2.39. The number of hydrogen-bond donors (Lipinski definition) is 3. The highest BCUT2D eigenvalue weighted by Gasteiger charge is 2.12. The molecule has 162 valence electrons. The lowest BCUT2D eigenvalue weighted by atomic mass is 10.1. The average molecular weight is 528 g/mol. The first kappa shape index (κ1) is 26.7. The van der Waals surface area contributed by atoms with E-state index in [0.29, 0.717) is 38.7 Å². The van der Waals surface area contributed by atoms with Gasteiger partial charge in [-0.2, -0.15) is 0 Å². The van der Waals surface area contributed by atoms with Gasteiger partial charge in [-0.15, -0.1) is 24.0 Å². The minimum absolute atomic E-state index is 0. The molecule has 0 amide bonds. The zero-order valence-corrected chi connectivity index (χ0v) is 20.4. The molecule has 10 heteroatoms. The quantitative estimate of drug-likeness (QED) is 0.176. The molecular weight excluding hydrogens is 495 g/mol. The van der Waals surface area contributed by atoms with Crippen LogP contribution in [0, 0.1) is 0 Å². The molecule has 1 unspecified atom stereocenters. The largest absolute Gasteiger partial charge is 0.490 e. The molecule has 28 heavy (non-hydrogen) atoms. The molecule has 0 aliphatic heterocycles. The number of guanidine groups is 1. The summed E-state index contributed by atoms with van der Waals surface area (Å²) in [5.74, 6) is 2.10. The van der Waals surface area contributed by atoms with Crippen molar-refractivity contribution in [2.45, 2.75) is 33.2 Å². The molecule has 0 aromatic heterocycles. The molecular formula is C18H33IN4O4S. The van der Waals surface area contributed by atoms with Gasteiger partial charge in [0.2, 0.25) is 10.0 Å². The summed E-state index contributed by atoms with van der Waals surface area (Å²) in [5, 5.41) is 6.49. The van der Waals surface area contributed by atoms with Crippen molar-refractivity contribution in [1.29, 1.82) is 0 Å². The van der Waals surface area contributed by atoms with Gasteiger partial charge in [-0.1, -0.05) is 6.07 Å². The van der Waals surface area contributed by atoms with E-state index in [0.717, 1.165) is 23.3 Å². The second kappa shape index (κ2) is 13.8. The summed E-state index contributed by atoms with van der Waals surface area (Å²) >= 11 is 0. The SMILES string of the molecule is CCOc1ccc(C(C)NC(=NC)NCCCNS(C)(=O)=O)cc1OCC.I. The summed E-state index contributed by atoms with van der Waals surface area (Å²) in [4.78, 5) is 4.21. The van der Waals surface area contributed by atoms with Gasteiger partial charge < -0.3 is 20.1 Å². The van der Waals surface area contributed by atoms with Crippen LogP contribution in [0.1, 0.15) is 38.8 Å². The van der Waals surface area contributed by atoms with E-state index in [9.17, 15) is 8.42 Å². The van der Waals surface area contributed by atoms with Gasteiger partial charge in [-0.05, 0) is 44.9 Å². The Balaban J connectivity index is 0.00000729. The van der Waals surface area contributed by atoms with E-state index >= 15 is 0 Å². The van der Waals surface area contributed by atoms with Crippen molar-refractivity contribution < 1.29 is 17.9 Å². The fourth-order valence-electron chi connectivity index (χ4n) is 2.37. The number of sulfonamides is 1. The van der Waals surface area contributed by atoms with Gasteiger partial charge in [0.05, 0.1) is 25.5 Å². The molecule has 0 bridgehead atoms. The molecule has 8 nitrogen and oxygen atoms in total. The first-order chi connectivity index (χ1) is 12.8. The molecule has 0 radical (unpaired) electrons. The van der Waals surface area contributed by atoms with Crippen molar-refractivity contribution in [3.8, 4) is 11.5 Å². The van der Waals surface area contributed by atoms with E-state index in [1.165, 1.54) is 0 Å². The number of aliphatic imine (C=N–C) groups is 1. The van der Waals surface area contributed by atoms with Crippen LogP contribution in [0.4, 0.5) is 0 Å². The number of rotatable bonds is 11. The molecule has 0 aliphatic rings. The van der Waals surface area contributed by atoms with Crippen LogP contribution in [0.25, 0.3) is 0 Å². The normalized spacial score (nSPS) is 12.7. The summed E-state index contributed by atoms with van der Waals surface area (Å²) in [6.45, 7) is 8.04. The molecule has 0 saturated carbocycles. The van der Waals surface area contributed by atoms with Crippen LogP contribution in [0.3, 0.4) is 0 Å². The van der Waals surface area contributed by atoms with Gasteiger partial charge in [-0.3, -0.25) is 4.99 Å². The zero-order valence-electron chi connectivity index (χ0n) is 17.2. The van der Waals surface area contributed by atoms with Gasteiger partial charge in [-0.25, -0.2) is 13.1 Å². The van der Waals surface area contributed by atoms with Crippen LogP contribution in [-0.4, -0.2) is 54.0 Å². The van der Waals surface area contributed by atoms with Gasteiger partial charge in [0, 0.05) is 20.1 Å². The highest BCUT2D eigenvalue weighted by atomic mass is 127. The molecule has 0 fully saturated rings. The minimum atomic E-state index is -3.15. The topological polar surface area (TPSA) is 101 Å². The second-order valence-electron chi connectivity index (χ2n) is 5.96. The fraction of sp³-hybridized carbons (Fsp3) is 0.611. The first-order valence-electron chi connectivity index (χ1n) is 9.12. The fourth-order valence-corrected chi connectivity index (χ4v) is 2.89. The van der Waals surface area contributed by atoms with Crippen LogP contribution in [-0.2, 0) is 10.0 Å². The highest BCUT2D eigenvalue weighted by Crippen LogP contribution is 2.30. The number of nitrogens with one attached hydrogen (secondary N) is 3. The van der Waals surface area contributed by atoms with Crippen LogP contribution in [0.2, 0.25) is 0 Å². The Labute approximate surface area is 185 Å². The maximum absolute atomic E-state index is 11.0. The minimum Gasteiger partial charge on any atom is -0.490 e. The van der Waals surface area contributed by atoms with Gasteiger partial charge in [0.15, 0.2) is 17.5 Å². The lowest BCUT2D eigenvalue weighted by Gasteiger charge is -2.20. The van der Waals surface area contributed by atoms with E-state index in [1.54, 1.807) is 7.05 Å². The molecule has 0 saturated heterocycles. The van der Waals surface area contributed by atoms with Crippen molar-refractivity contribution >= 4 is 40.0 Å². The van der Waals surface area contributed by atoms with E-state index in [4.69, 9.17) is 9.47 Å². The first-order valence-corrected chi connectivity index (χ1v) is 11.0. The standard InChI is InChI=1S/C18H32N4O4S.HI/c1-6-25-16-10-9-15(13-17(16)26-7-2)14(3)22-18(19-4)20-11-8-12-21-27(5,23)24;/h9-10,13-14,21H,6-8,11-12H2,1-5H3,(H2,19,20,22);1H. The molecule has 1 aromatic carbocycles. The van der Waals surface area contributed by atoms with Gasteiger partial charge in [0.1, 0.15) is 0 Å². The van der Waals surface area contributed by atoms with Crippen molar-refractivity contribution in [3.05, 3.63) is 23.8 Å². The number of halogens is 1. The van der Waals surface area contributed by atoms with Crippen molar-refractivity contribution in [1.82, 2.24) is 15.4 Å². The summed E-state index contributed by atoms with van der Waals surface area (Å²) in [7, 11) is -1.45. The Morgan fingerprint density at radius 2 is 1.79 bits per heavy atom. The summed E-state index contributed by atoms with van der Waals surface area (Å²) in [5.41, 5.74) is 1.04. The van der Waals surface area contributed by atoms with Crippen molar-refractivity contribution in [2.24, 2.45) is 4.99 Å². The van der Waals surface area contributed by atoms with Crippen molar-refractivity contribution in [2.75, 3.05) is 39.6 Å². The van der Waals surface area contributed by atoms with E-state index in [1.807, 2.05) is 39.0 Å². The molecule has 1 aromatic rings. The van der Waals surface area contributed by atoms with E-state index in [-0.39, 0.29) is 30.0 Å². The zero-order chi connectivity index (χ0) is 20.3. The van der Waals surface area contributed by atoms with Gasteiger partial charge in [0.25, 0.3) is 0 Å². The third-order valence-electron chi connectivity index (χ3n) is 3.65. The second-order valence-corrected chi connectivity index (χ2v) is 7.79. The smallest absolute Gasteiger partial charge is 0.208 e. The molecule has 1 atom stereocenters. The summed E-state index contributed by atoms with van der Waals surface area (Å²) in [6, 6.07) is 5.87. The van der Waals surface area contributed by atoms with E-state index < -0.39 is 10.0 Å². The molecule has 3 N–H and O–H groups in total. The maximum Gasteiger partial charge on any atom is 0.208 e. The molecule has 0 spiro atoms. The predicted molar refractivity (Wildman–Crippen MR) is 125 cm³/mol. The summed E-state index contributed by atoms with van der Waals surface area (Å²) < 4.78 is 35.8. The van der Waals surface area contributed by atoms with Gasteiger partial charge >= 0.3 is 0 Å². The number of nitrogens with zero attached hydrogens (tertiary/aromatic N) is 1. The monoisotopic (exact) mass is 528 g/mol. The maximum atomic E-state index is 11.0. The lowest BCUT2D eigenvalue weighted by molar-refractivity contribution is 0.287. The predicted octanol–water partition coefficient (Wildman–Crippen LogP) is 2.27. The van der Waals surface area contributed by atoms with E-state index in [2.05, 4.69) is 20.3 Å². The van der Waals surface area contributed by atoms with Crippen LogP contribution < -0.4 is 24.8 Å². The summed E-state index contributed by atoms with van der Waals surface area (Å²) in [6.07, 6.45) is 1.80. The van der Waals surface area contributed by atoms with Crippen LogP contribution >= 0.6 is 24.0 Å². The van der Waals surface area contributed by atoms with Crippen LogP contribution in [0.15, 0.2) is 23.2 Å².